The number of benzene rings is 1. The molecule has 0 aliphatic rings. The van der Waals surface area contributed by atoms with Gasteiger partial charge in [-0.2, -0.15) is 5.10 Å². The van der Waals surface area contributed by atoms with Crippen molar-refractivity contribution in [3.8, 4) is 0 Å². The molecule has 6 nitrogen and oxygen atoms in total. The van der Waals surface area contributed by atoms with Gasteiger partial charge >= 0.3 is 0 Å². The number of nitrogens with two attached hydrogens (primary N) is 1. The number of aromatic nitrogens is 2. The molecule has 88 valence electrons. The normalized spacial score (nSPS) is 11.5. The molecule has 2 rings (SSSR count). The molecule has 0 saturated heterocycles. The van der Waals surface area contributed by atoms with Gasteiger partial charge in [0, 0.05) is 10.7 Å². The zero-order valence-electron chi connectivity index (χ0n) is 8.71. The maximum atomic E-state index is 8.91. The summed E-state index contributed by atoms with van der Waals surface area (Å²) in [4.78, 5) is 0. The number of nitrogens with zero attached hydrogens (tertiary/aromatic N) is 3. The minimum absolute atomic E-state index is 0.129. The van der Waals surface area contributed by atoms with E-state index in [1.165, 1.54) is 17.1 Å². The summed E-state index contributed by atoms with van der Waals surface area (Å²) in [6.07, 6.45) is 2.97. The standard InChI is InChI=1S/C10H10ClN5O/c11-7-2-1-3-9(4-7)14-10(15-17)16-6-8(12)5-13-16/h1-6,17H,12H2,(H,14,15). The van der Waals surface area contributed by atoms with Crippen molar-refractivity contribution >= 4 is 28.9 Å². The van der Waals surface area contributed by atoms with Crippen LogP contribution in [0.25, 0.3) is 0 Å². The monoisotopic (exact) mass is 251 g/mol. The third-order valence-corrected chi connectivity index (χ3v) is 2.23. The number of halogens is 1. The lowest BCUT2D eigenvalue weighted by Crippen LogP contribution is -2.22. The molecule has 0 atom stereocenters. The Labute approximate surface area is 102 Å². The third kappa shape index (κ3) is 2.67. The first-order valence-corrected chi connectivity index (χ1v) is 5.12. The van der Waals surface area contributed by atoms with Crippen LogP contribution in [0, 0.1) is 0 Å². The van der Waals surface area contributed by atoms with Crippen LogP contribution in [0.5, 0.6) is 0 Å². The molecule has 2 aromatic rings. The van der Waals surface area contributed by atoms with E-state index in [2.05, 4.69) is 15.6 Å². The molecule has 0 saturated carbocycles. The fraction of sp³-hybridized carbons (Fsp3) is 0. The van der Waals surface area contributed by atoms with Crippen molar-refractivity contribution in [3.05, 3.63) is 41.7 Å². The molecule has 0 aliphatic carbocycles. The van der Waals surface area contributed by atoms with Crippen LogP contribution in [0.4, 0.5) is 11.4 Å². The van der Waals surface area contributed by atoms with Crippen LogP contribution in [0.15, 0.2) is 41.8 Å². The van der Waals surface area contributed by atoms with E-state index in [-0.39, 0.29) is 5.96 Å². The number of anilines is 2. The van der Waals surface area contributed by atoms with Crippen molar-refractivity contribution in [1.29, 1.82) is 0 Å². The van der Waals surface area contributed by atoms with Gasteiger partial charge < -0.3 is 16.3 Å². The average molecular weight is 252 g/mol. The number of nitrogens with one attached hydrogen (secondary N) is 1. The molecule has 0 bridgehead atoms. The van der Waals surface area contributed by atoms with E-state index in [0.29, 0.717) is 16.4 Å². The van der Waals surface area contributed by atoms with Crippen LogP contribution < -0.4 is 11.1 Å². The first-order valence-electron chi connectivity index (χ1n) is 4.74. The zero-order valence-corrected chi connectivity index (χ0v) is 9.46. The highest BCUT2D eigenvalue weighted by atomic mass is 35.5. The summed E-state index contributed by atoms with van der Waals surface area (Å²) in [5.74, 6) is 0.129. The number of oxime groups is 1. The summed E-state index contributed by atoms with van der Waals surface area (Å²) in [6.45, 7) is 0. The van der Waals surface area contributed by atoms with Gasteiger partial charge in [-0.05, 0) is 23.4 Å². The maximum absolute atomic E-state index is 8.91. The Hall–Kier alpha value is -2.21. The Morgan fingerprint density at radius 3 is 2.94 bits per heavy atom. The van der Waals surface area contributed by atoms with E-state index in [9.17, 15) is 0 Å². The van der Waals surface area contributed by atoms with Crippen molar-refractivity contribution < 1.29 is 5.21 Å². The topological polar surface area (TPSA) is 88.5 Å². The van der Waals surface area contributed by atoms with Gasteiger partial charge in [-0.1, -0.05) is 17.7 Å². The summed E-state index contributed by atoms with van der Waals surface area (Å²) in [6, 6.07) is 7.00. The van der Waals surface area contributed by atoms with Crippen LogP contribution in [0.1, 0.15) is 0 Å². The molecule has 0 fully saturated rings. The fourth-order valence-electron chi connectivity index (χ4n) is 1.28. The number of hydrogen-bond acceptors (Lipinski definition) is 4. The fourth-order valence-corrected chi connectivity index (χ4v) is 1.47. The largest absolute Gasteiger partial charge is 0.408 e. The van der Waals surface area contributed by atoms with Gasteiger partial charge in [0.25, 0.3) is 5.96 Å². The van der Waals surface area contributed by atoms with Gasteiger partial charge in [0.15, 0.2) is 0 Å². The second-order valence-electron chi connectivity index (χ2n) is 3.28. The van der Waals surface area contributed by atoms with Gasteiger partial charge in [0.05, 0.1) is 18.1 Å². The van der Waals surface area contributed by atoms with E-state index in [4.69, 9.17) is 22.5 Å². The van der Waals surface area contributed by atoms with Crippen molar-refractivity contribution in [1.82, 2.24) is 9.78 Å². The van der Waals surface area contributed by atoms with Crippen LogP contribution in [0.3, 0.4) is 0 Å². The highest BCUT2D eigenvalue weighted by molar-refractivity contribution is 6.30. The molecule has 0 unspecified atom stereocenters. The van der Waals surface area contributed by atoms with E-state index < -0.39 is 0 Å². The van der Waals surface area contributed by atoms with E-state index in [1.54, 1.807) is 24.3 Å². The molecule has 4 N–H and O–H groups in total. The first-order chi connectivity index (χ1) is 8.19. The minimum Gasteiger partial charge on any atom is -0.408 e. The molecule has 17 heavy (non-hydrogen) atoms. The van der Waals surface area contributed by atoms with E-state index in [0.717, 1.165) is 0 Å². The first kappa shape index (κ1) is 11.3. The van der Waals surface area contributed by atoms with Crippen LogP contribution in [-0.2, 0) is 0 Å². The van der Waals surface area contributed by atoms with Crippen molar-refractivity contribution in [2.45, 2.75) is 0 Å². The average Bonchev–Trinajstić information content (AvgIpc) is 2.73. The van der Waals surface area contributed by atoms with Gasteiger partial charge in [0.1, 0.15) is 0 Å². The molecule has 1 aromatic heterocycles. The summed E-state index contributed by atoms with van der Waals surface area (Å²) >= 11 is 5.84. The van der Waals surface area contributed by atoms with Gasteiger partial charge in [-0.3, -0.25) is 0 Å². The number of rotatable bonds is 1. The van der Waals surface area contributed by atoms with Crippen molar-refractivity contribution in [3.63, 3.8) is 0 Å². The molecule has 0 amide bonds. The molecule has 1 aromatic carbocycles. The summed E-state index contributed by atoms with van der Waals surface area (Å²) in [7, 11) is 0. The van der Waals surface area contributed by atoms with E-state index in [1.807, 2.05) is 0 Å². The maximum Gasteiger partial charge on any atom is 0.265 e. The molecular formula is C10H10ClN5O. The number of nitrogen functional groups attached to an aromatic ring is 1. The van der Waals surface area contributed by atoms with E-state index >= 15 is 0 Å². The Morgan fingerprint density at radius 1 is 1.53 bits per heavy atom. The highest BCUT2D eigenvalue weighted by Crippen LogP contribution is 2.15. The molecule has 0 aliphatic heterocycles. The lowest BCUT2D eigenvalue weighted by atomic mass is 10.3. The Morgan fingerprint density at radius 2 is 2.35 bits per heavy atom. The zero-order chi connectivity index (χ0) is 12.3. The Kier molecular flexibility index (Phi) is 3.15. The highest BCUT2D eigenvalue weighted by Gasteiger charge is 2.05. The minimum atomic E-state index is 0.129. The lowest BCUT2D eigenvalue weighted by molar-refractivity contribution is 0.316. The molecular weight excluding hydrogens is 242 g/mol. The second-order valence-corrected chi connectivity index (χ2v) is 3.71. The number of hydrogen-bond donors (Lipinski definition) is 3. The molecule has 1 heterocycles. The van der Waals surface area contributed by atoms with Crippen molar-refractivity contribution in [2.24, 2.45) is 5.16 Å². The third-order valence-electron chi connectivity index (χ3n) is 2.00. The second kappa shape index (κ2) is 4.75. The summed E-state index contributed by atoms with van der Waals surface area (Å²) in [5.41, 5.74) is 6.67. The Bertz CT molecular complexity index is 551. The predicted molar refractivity (Wildman–Crippen MR) is 66.3 cm³/mol. The van der Waals surface area contributed by atoms with Gasteiger partial charge in [-0.25, -0.2) is 4.68 Å². The van der Waals surface area contributed by atoms with Crippen LogP contribution >= 0.6 is 11.6 Å². The van der Waals surface area contributed by atoms with Crippen LogP contribution in [-0.4, -0.2) is 20.9 Å². The quantitative estimate of drug-likeness (QED) is 0.312. The molecule has 7 heteroatoms. The smallest absolute Gasteiger partial charge is 0.265 e. The summed E-state index contributed by atoms with van der Waals surface area (Å²) in [5, 5.41) is 19.4. The Balaban J connectivity index is 2.22. The van der Waals surface area contributed by atoms with Gasteiger partial charge in [0.2, 0.25) is 0 Å². The lowest BCUT2D eigenvalue weighted by Gasteiger charge is -2.07. The molecule has 0 radical (unpaired) electrons. The summed E-state index contributed by atoms with van der Waals surface area (Å²) < 4.78 is 1.32. The van der Waals surface area contributed by atoms with Crippen LogP contribution in [0.2, 0.25) is 5.02 Å². The molecule has 0 spiro atoms. The van der Waals surface area contributed by atoms with Crippen molar-refractivity contribution in [2.75, 3.05) is 11.1 Å². The van der Waals surface area contributed by atoms with Gasteiger partial charge in [-0.15, -0.1) is 0 Å². The predicted octanol–water partition coefficient (Wildman–Crippen LogP) is 1.82. The SMILES string of the molecule is Nc1cnn(C(=NO)Nc2cccc(Cl)c2)c1.